The van der Waals surface area contributed by atoms with Crippen LogP contribution < -0.4 is 0 Å². The zero-order valence-electron chi connectivity index (χ0n) is 7.34. The number of hydrogen-bond donors (Lipinski definition) is 0. The Morgan fingerprint density at radius 1 is 1.45 bits per heavy atom. The first kappa shape index (κ1) is 8.44. The highest BCUT2D eigenvalue weighted by Crippen LogP contribution is 2.18. The normalized spacial score (nSPS) is 24.9. The van der Waals surface area contributed by atoms with Crippen LogP contribution in [0.1, 0.15) is 25.7 Å². The first-order valence-electron chi connectivity index (χ1n) is 4.24. The fourth-order valence-electron chi connectivity index (χ4n) is 1.53. The van der Waals surface area contributed by atoms with Gasteiger partial charge < -0.3 is 0 Å². The summed E-state index contributed by atoms with van der Waals surface area (Å²) in [4.78, 5) is 11.3. The van der Waals surface area contributed by atoms with Crippen molar-refractivity contribution in [3.8, 4) is 0 Å². The summed E-state index contributed by atoms with van der Waals surface area (Å²) in [6, 6.07) is 0. The van der Waals surface area contributed by atoms with E-state index in [0.29, 0.717) is 5.78 Å². The van der Waals surface area contributed by atoms with Crippen molar-refractivity contribution in [2.45, 2.75) is 25.7 Å². The molecule has 0 N–H and O–H groups in total. The molecule has 0 amide bonds. The van der Waals surface area contributed by atoms with E-state index < -0.39 is 0 Å². The van der Waals surface area contributed by atoms with Crippen molar-refractivity contribution in [1.29, 1.82) is 0 Å². The Kier molecular flexibility index (Phi) is 2.80. The van der Waals surface area contributed by atoms with E-state index in [1.54, 1.807) is 0 Å². The van der Waals surface area contributed by atoms with E-state index in [2.05, 4.69) is 0 Å². The van der Waals surface area contributed by atoms with Gasteiger partial charge >= 0.3 is 0 Å². The van der Waals surface area contributed by atoms with Crippen LogP contribution in [0.15, 0.2) is 0 Å². The molecule has 0 radical (unpaired) electrons. The van der Waals surface area contributed by atoms with E-state index in [4.69, 9.17) is 0 Å². The van der Waals surface area contributed by atoms with E-state index in [9.17, 15) is 4.79 Å². The molecule has 0 heterocycles. The van der Waals surface area contributed by atoms with E-state index in [1.165, 1.54) is 6.42 Å². The van der Waals surface area contributed by atoms with Crippen LogP contribution in [0, 0.1) is 5.92 Å². The minimum absolute atomic E-state index is 0.207. The van der Waals surface area contributed by atoms with Gasteiger partial charge in [0.2, 0.25) is 0 Å². The van der Waals surface area contributed by atoms with Gasteiger partial charge in [-0.25, -0.2) is 4.58 Å². The van der Waals surface area contributed by atoms with E-state index >= 15 is 0 Å². The lowest BCUT2D eigenvalue weighted by Crippen LogP contribution is -2.23. The highest BCUT2D eigenvalue weighted by Gasteiger charge is 2.22. The van der Waals surface area contributed by atoms with Gasteiger partial charge in [0.25, 0.3) is 0 Å². The maximum Gasteiger partial charge on any atom is 0.149 e. The molecule has 0 aromatic rings. The van der Waals surface area contributed by atoms with Crippen LogP contribution in [0.3, 0.4) is 0 Å². The van der Waals surface area contributed by atoms with E-state index in [1.807, 2.05) is 24.9 Å². The highest BCUT2D eigenvalue weighted by molar-refractivity contribution is 5.93. The molecule has 11 heavy (non-hydrogen) atoms. The third-order valence-corrected chi connectivity index (χ3v) is 2.08. The summed E-state index contributed by atoms with van der Waals surface area (Å²) in [5.74, 6) is 0.628. The summed E-state index contributed by atoms with van der Waals surface area (Å²) in [7, 11) is 3.95. The van der Waals surface area contributed by atoms with Crippen LogP contribution >= 0.6 is 0 Å². The Hall–Kier alpha value is -0.660. The van der Waals surface area contributed by atoms with Gasteiger partial charge in [0.05, 0.1) is 5.92 Å². The van der Waals surface area contributed by atoms with Crippen LogP contribution in [-0.4, -0.2) is 30.7 Å². The number of Topliss-reactive ketones (excluding diaryl/α,β-unsaturated/α-hetero) is 1. The molecule has 1 fully saturated rings. The molecule has 0 aromatic heterocycles. The summed E-state index contributed by atoms with van der Waals surface area (Å²) < 4.78 is 1.98. The molecule has 0 saturated heterocycles. The summed E-state index contributed by atoms with van der Waals surface area (Å²) in [5, 5.41) is 0. The second kappa shape index (κ2) is 3.65. The molecule has 0 spiro atoms. The maximum absolute atomic E-state index is 11.3. The second-order valence-corrected chi connectivity index (χ2v) is 3.43. The number of rotatable bonds is 1. The Morgan fingerprint density at radius 3 is 2.73 bits per heavy atom. The van der Waals surface area contributed by atoms with Gasteiger partial charge in [-0.3, -0.25) is 4.79 Å². The molecule has 0 aromatic carbocycles. The Morgan fingerprint density at radius 2 is 2.18 bits per heavy atom. The quantitative estimate of drug-likeness (QED) is 0.409. The number of carbonyl (C=O) groups is 1. The van der Waals surface area contributed by atoms with Gasteiger partial charge in [-0.2, -0.15) is 0 Å². The third kappa shape index (κ3) is 2.45. The largest absolute Gasteiger partial charge is 0.299 e. The minimum Gasteiger partial charge on any atom is -0.299 e. The topological polar surface area (TPSA) is 20.1 Å². The zero-order chi connectivity index (χ0) is 8.27. The first-order chi connectivity index (χ1) is 5.20. The van der Waals surface area contributed by atoms with Gasteiger partial charge in [0.15, 0.2) is 0 Å². The van der Waals surface area contributed by atoms with Crippen LogP contribution in [0.5, 0.6) is 0 Å². The van der Waals surface area contributed by atoms with E-state index in [-0.39, 0.29) is 5.92 Å². The van der Waals surface area contributed by atoms with Crippen molar-refractivity contribution in [2.75, 3.05) is 14.1 Å². The predicted octanol–water partition coefficient (Wildman–Crippen LogP) is 1.09. The Balaban J connectivity index is 2.55. The van der Waals surface area contributed by atoms with Crippen LogP contribution in [0.4, 0.5) is 0 Å². The molecule has 62 valence electrons. The monoisotopic (exact) mass is 154 g/mol. The van der Waals surface area contributed by atoms with Crippen LogP contribution in [0.2, 0.25) is 0 Å². The van der Waals surface area contributed by atoms with Crippen molar-refractivity contribution >= 4 is 12.0 Å². The third-order valence-electron chi connectivity index (χ3n) is 2.08. The Labute approximate surface area is 67.9 Å². The maximum atomic E-state index is 11.3. The molecular weight excluding hydrogens is 138 g/mol. The van der Waals surface area contributed by atoms with E-state index in [0.717, 1.165) is 19.3 Å². The summed E-state index contributed by atoms with van der Waals surface area (Å²) in [5.41, 5.74) is 0. The lowest BCUT2D eigenvalue weighted by molar-refractivity contribution is -0.461. The SMILES string of the molecule is C[N+](C)=CC1CCCCC1=O. The number of carbonyl (C=O) groups excluding carboxylic acids is 1. The smallest absolute Gasteiger partial charge is 0.149 e. The van der Waals surface area contributed by atoms with Crippen LogP contribution in [-0.2, 0) is 4.79 Å². The lowest BCUT2D eigenvalue weighted by atomic mass is 9.89. The molecule has 0 bridgehead atoms. The molecular formula is C9H16NO+. The standard InChI is InChI=1S/C9H16NO/c1-10(2)7-8-5-3-4-6-9(8)11/h7-8H,3-6H2,1-2H3/q+1. The summed E-state index contributed by atoms with van der Waals surface area (Å²) in [6.45, 7) is 0. The second-order valence-electron chi connectivity index (χ2n) is 3.43. The fourth-order valence-corrected chi connectivity index (χ4v) is 1.53. The molecule has 1 rings (SSSR count). The summed E-state index contributed by atoms with van der Waals surface area (Å²) in [6.07, 6.45) is 6.17. The lowest BCUT2D eigenvalue weighted by Gasteiger charge is -2.14. The molecule has 1 atom stereocenters. The molecule has 1 aliphatic rings. The minimum atomic E-state index is 0.207. The van der Waals surface area contributed by atoms with Crippen molar-refractivity contribution in [2.24, 2.45) is 5.92 Å². The summed E-state index contributed by atoms with van der Waals surface area (Å²) >= 11 is 0. The van der Waals surface area contributed by atoms with Crippen LogP contribution in [0.25, 0.3) is 0 Å². The zero-order valence-corrected chi connectivity index (χ0v) is 7.34. The van der Waals surface area contributed by atoms with Gasteiger partial charge in [-0.05, 0) is 12.8 Å². The molecule has 1 saturated carbocycles. The van der Waals surface area contributed by atoms with Gasteiger partial charge in [0, 0.05) is 6.42 Å². The predicted molar refractivity (Wildman–Crippen MR) is 45.1 cm³/mol. The fraction of sp³-hybridized carbons (Fsp3) is 0.778. The molecule has 2 nitrogen and oxygen atoms in total. The molecule has 2 heteroatoms. The first-order valence-corrected chi connectivity index (χ1v) is 4.24. The number of hydrogen-bond acceptors (Lipinski definition) is 1. The number of ketones is 1. The number of nitrogens with zero attached hydrogens (tertiary/aromatic N) is 1. The van der Waals surface area contributed by atoms with Gasteiger partial charge in [-0.1, -0.05) is 6.42 Å². The molecule has 1 aliphatic carbocycles. The van der Waals surface area contributed by atoms with Crippen molar-refractivity contribution in [1.82, 2.24) is 0 Å². The van der Waals surface area contributed by atoms with Gasteiger partial charge in [-0.15, -0.1) is 0 Å². The Bertz CT molecular complexity index is 180. The average molecular weight is 154 g/mol. The molecule has 0 aliphatic heterocycles. The average Bonchev–Trinajstić information content (AvgIpc) is 1.93. The van der Waals surface area contributed by atoms with Crippen molar-refractivity contribution in [3.05, 3.63) is 0 Å². The molecule has 1 unspecified atom stereocenters. The van der Waals surface area contributed by atoms with Crippen molar-refractivity contribution < 1.29 is 9.37 Å². The highest BCUT2D eigenvalue weighted by atomic mass is 16.1. The van der Waals surface area contributed by atoms with Gasteiger partial charge in [0.1, 0.15) is 26.1 Å². The van der Waals surface area contributed by atoms with Crippen molar-refractivity contribution in [3.63, 3.8) is 0 Å².